The summed E-state index contributed by atoms with van der Waals surface area (Å²) in [5.74, 6) is -0.647. The third-order valence-corrected chi connectivity index (χ3v) is 6.57. The normalized spacial score (nSPS) is 21.5. The van der Waals surface area contributed by atoms with Crippen molar-refractivity contribution in [2.45, 2.75) is 49.4 Å². The van der Waals surface area contributed by atoms with Gasteiger partial charge in [0, 0.05) is 11.5 Å². The minimum Gasteiger partial charge on any atom is -0.486 e. The summed E-state index contributed by atoms with van der Waals surface area (Å²) in [6, 6.07) is 11.4. The van der Waals surface area contributed by atoms with E-state index in [2.05, 4.69) is 0 Å². The molecule has 28 heavy (non-hydrogen) atoms. The second kappa shape index (κ2) is 7.10. The van der Waals surface area contributed by atoms with E-state index in [9.17, 15) is 18.3 Å². The Hall–Kier alpha value is -2.58. The molecule has 1 aliphatic heterocycles. The van der Waals surface area contributed by atoms with Crippen molar-refractivity contribution in [1.82, 2.24) is 0 Å². The molecule has 1 fully saturated rings. The van der Waals surface area contributed by atoms with Crippen molar-refractivity contribution in [3.63, 3.8) is 0 Å². The van der Waals surface area contributed by atoms with Gasteiger partial charge in [-0.1, -0.05) is 30.3 Å². The first-order valence-corrected chi connectivity index (χ1v) is 10.5. The molecule has 4 rings (SSSR count). The van der Waals surface area contributed by atoms with Gasteiger partial charge in [-0.15, -0.1) is 0 Å². The van der Waals surface area contributed by atoms with Crippen LogP contribution in [0.2, 0.25) is 0 Å². The topological polar surface area (TPSA) is 99.1 Å². The molecule has 0 spiro atoms. The number of carboxylic acids is 1. The highest BCUT2D eigenvalue weighted by Gasteiger charge is 2.40. The maximum absolute atomic E-state index is 12.6. The Bertz CT molecular complexity index is 1010. The van der Waals surface area contributed by atoms with Crippen molar-refractivity contribution in [3.05, 3.63) is 53.6 Å². The highest BCUT2D eigenvalue weighted by molar-refractivity contribution is 7.86. The smallest absolute Gasteiger partial charge is 0.375 e. The highest BCUT2D eigenvalue weighted by Crippen LogP contribution is 2.50. The average Bonchev–Trinajstić information content (AvgIpc) is 3.23. The predicted molar refractivity (Wildman–Crippen MR) is 99.0 cm³/mol. The van der Waals surface area contributed by atoms with Crippen molar-refractivity contribution >= 4 is 16.1 Å². The van der Waals surface area contributed by atoms with Crippen LogP contribution in [0.25, 0.3) is 0 Å². The van der Waals surface area contributed by atoms with Crippen LogP contribution >= 0.6 is 0 Å². The summed E-state index contributed by atoms with van der Waals surface area (Å²) in [6.07, 6.45) is 1.04. The van der Waals surface area contributed by atoms with Crippen LogP contribution in [0.3, 0.4) is 0 Å². The third-order valence-electron chi connectivity index (χ3n) is 5.14. The standard InChI is InChI=1S/C20H20O7S/c1-12-6-2-3-11-17(12)28(23,24)27-20(19(21)22)26-16-10-5-8-14-13-7-4-9-15(13)25-18(14)16/h2-3,5-6,8,10-11,13,15,20H,4,7,9H2,1H3,(H,21,22). The molecule has 0 bridgehead atoms. The summed E-state index contributed by atoms with van der Waals surface area (Å²) in [4.78, 5) is 11.5. The van der Waals surface area contributed by atoms with E-state index in [1.807, 2.05) is 6.07 Å². The number of para-hydroxylation sites is 1. The van der Waals surface area contributed by atoms with Gasteiger partial charge in [-0.2, -0.15) is 8.42 Å². The van der Waals surface area contributed by atoms with Gasteiger partial charge in [0.25, 0.3) is 0 Å². The maximum atomic E-state index is 12.6. The zero-order valence-electron chi connectivity index (χ0n) is 15.2. The molecule has 1 N–H and O–H groups in total. The lowest BCUT2D eigenvalue weighted by Crippen LogP contribution is -2.33. The van der Waals surface area contributed by atoms with Crippen molar-refractivity contribution in [2.75, 3.05) is 0 Å². The molecule has 2 aliphatic rings. The third kappa shape index (κ3) is 3.33. The molecule has 7 nitrogen and oxygen atoms in total. The summed E-state index contributed by atoms with van der Waals surface area (Å²) in [5, 5.41) is 9.47. The molecule has 0 radical (unpaired) electrons. The van der Waals surface area contributed by atoms with Gasteiger partial charge in [-0.05, 0) is 43.9 Å². The summed E-state index contributed by atoms with van der Waals surface area (Å²) in [5.41, 5.74) is 1.41. The van der Waals surface area contributed by atoms with Gasteiger partial charge in [0.1, 0.15) is 6.10 Å². The minimum absolute atomic E-state index is 0.0552. The van der Waals surface area contributed by atoms with E-state index >= 15 is 0 Å². The van der Waals surface area contributed by atoms with Crippen LogP contribution < -0.4 is 9.47 Å². The Morgan fingerprint density at radius 1 is 1.18 bits per heavy atom. The molecule has 1 heterocycles. The van der Waals surface area contributed by atoms with Crippen LogP contribution in [0.4, 0.5) is 0 Å². The molecule has 1 aliphatic carbocycles. The number of carboxylic acid groups (broad SMARTS) is 1. The predicted octanol–water partition coefficient (Wildman–Crippen LogP) is 3.22. The van der Waals surface area contributed by atoms with Crippen molar-refractivity contribution < 1.29 is 32.0 Å². The average molecular weight is 404 g/mol. The Labute approximate surface area is 163 Å². The Morgan fingerprint density at radius 3 is 2.71 bits per heavy atom. The quantitative estimate of drug-likeness (QED) is 0.583. The number of hydrogen-bond acceptors (Lipinski definition) is 6. The number of benzene rings is 2. The first-order valence-electron chi connectivity index (χ1n) is 9.05. The Kier molecular flexibility index (Phi) is 4.76. The van der Waals surface area contributed by atoms with Gasteiger partial charge in [-0.3, -0.25) is 0 Å². The number of hydrogen-bond donors (Lipinski definition) is 1. The van der Waals surface area contributed by atoms with Crippen molar-refractivity contribution in [1.29, 1.82) is 0 Å². The number of aliphatic carboxylic acids is 1. The molecule has 2 aromatic carbocycles. The Balaban J connectivity index is 1.60. The monoisotopic (exact) mass is 404 g/mol. The van der Waals surface area contributed by atoms with Gasteiger partial charge >= 0.3 is 22.4 Å². The number of ether oxygens (including phenoxy) is 2. The molecule has 0 aromatic heterocycles. The van der Waals surface area contributed by atoms with Crippen LogP contribution in [0.5, 0.6) is 11.5 Å². The lowest BCUT2D eigenvalue weighted by atomic mass is 9.97. The molecular weight excluding hydrogens is 384 g/mol. The molecule has 3 unspecified atom stereocenters. The molecular formula is C20H20O7S. The lowest BCUT2D eigenvalue weighted by Gasteiger charge is -2.18. The van der Waals surface area contributed by atoms with E-state index < -0.39 is 22.4 Å². The summed E-state index contributed by atoms with van der Waals surface area (Å²) in [7, 11) is -4.33. The van der Waals surface area contributed by atoms with Gasteiger partial charge in [0.05, 0.1) is 4.90 Å². The number of carbonyl (C=O) groups is 1. The minimum atomic E-state index is -4.33. The van der Waals surface area contributed by atoms with E-state index in [-0.39, 0.29) is 22.7 Å². The van der Waals surface area contributed by atoms with Gasteiger partial charge in [0.2, 0.25) is 0 Å². The largest absolute Gasteiger partial charge is 0.486 e. The van der Waals surface area contributed by atoms with Crippen molar-refractivity contribution in [3.8, 4) is 11.5 Å². The second-order valence-electron chi connectivity index (χ2n) is 6.97. The number of rotatable bonds is 6. The van der Waals surface area contributed by atoms with E-state index in [4.69, 9.17) is 13.7 Å². The summed E-state index contributed by atoms with van der Waals surface area (Å²) < 4.78 is 41.4. The molecule has 1 saturated carbocycles. The molecule has 148 valence electrons. The summed E-state index contributed by atoms with van der Waals surface area (Å²) in [6.45, 7) is 1.60. The molecule has 2 aromatic rings. The van der Waals surface area contributed by atoms with Crippen molar-refractivity contribution in [2.24, 2.45) is 0 Å². The van der Waals surface area contributed by atoms with Crippen LogP contribution in [0.15, 0.2) is 47.4 Å². The van der Waals surface area contributed by atoms with Gasteiger partial charge in [-0.25, -0.2) is 8.98 Å². The second-order valence-corrected chi connectivity index (χ2v) is 8.51. The summed E-state index contributed by atoms with van der Waals surface area (Å²) >= 11 is 0. The number of fused-ring (bicyclic) bond motifs is 3. The van der Waals surface area contributed by atoms with Crippen LogP contribution in [-0.4, -0.2) is 31.9 Å². The van der Waals surface area contributed by atoms with E-state index in [1.54, 1.807) is 31.2 Å². The fourth-order valence-electron chi connectivity index (χ4n) is 3.85. The highest BCUT2D eigenvalue weighted by atomic mass is 32.2. The zero-order chi connectivity index (χ0) is 19.9. The fraction of sp³-hybridized carbons (Fsp3) is 0.350. The first-order chi connectivity index (χ1) is 13.4. The molecule has 0 saturated heterocycles. The number of aryl methyl sites for hydroxylation is 1. The fourth-order valence-corrected chi connectivity index (χ4v) is 5.01. The molecule has 8 heteroatoms. The lowest BCUT2D eigenvalue weighted by molar-refractivity contribution is -0.158. The van der Waals surface area contributed by atoms with Gasteiger partial charge < -0.3 is 14.6 Å². The zero-order valence-corrected chi connectivity index (χ0v) is 16.0. The van der Waals surface area contributed by atoms with Crippen LogP contribution in [-0.2, 0) is 19.1 Å². The Morgan fingerprint density at radius 2 is 1.96 bits per heavy atom. The van der Waals surface area contributed by atoms with E-state index in [0.29, 0.717) is 11.3 Å². The van der Waals surface area contributed by atoms with E-state index in [0.717, 1.165) is 24.8 Å². The maximum Gasteiger partial charge on any atom is 0.375 e. The van der Waals surface area contributed by atoms with Gasteiger partial charge in [0.15, 0.2) is 11.5 Å². The van der Waals surface area contributed by atoms with Crippen LogP contribution in [0.1, 0.15) is 36.3 Å². The first kappa shape index (κ1) is 18.8. The SMILES string of the molecule is Cc1ccccc1S(=O)(=O)OC(Oc1cccc2c1OC1CCCC21)C(=O)O. The van der Waals surface area contributed by atoms with E-state index in [1.165, 1.54) is 12.1 Å². The molecule has 0 amide bonds. The van der Waals surface area contributed by atoms with Crippen LogP contribution in [0, 0.1) is 6.92 Å². The molecule has 3 atom stereocenters.